The van der Waals surface area contributed by atoms with Crippen molar-refractivity contribution in [3.8, 4) is 0 Å². The minimum Gasteiger partial charge on any atom is -0.488 e. The van der Waals surface area contributed by atoms with Gasteiger partial charge in [0.25, 0.3) is 0 Å². The molecule has 116 valence electrons. The molecule has 0 aromatic heterocycles. The second-order valence-corrected chi connectivity index (χ2v) is 6.21. The Hall–Kier alpha value is -0.0151. The molecular formula is C16H37BNO-. The van der Waals surface area contributed by atoms with Crippen molar-refractivity contribution in [2.45, 2.75) is 84.7 Å². The predicted molar refractivity (Wildman–Crippen MR) is 89.4 cm³/mol. The molecule has 0 spiro atoms. The number of rotatable bonds is 14. The SMILES string of the molecule is CCCC[B-](CCCC)(CCCC)NCCCOC. The van der Waals surface area contributed by atoms with Gasteiger partial charge in [0.15, 0.2) is 0 Å². The summed E-state index contributed by atoms with van der Waals surface area (Å²) in [5.74, 6) is 0. The van der Waals surface area contributed by atoms with Crippen LogP contribution in [-0.4, -0.2) is 26.5 Å². The summed E-state index contributed by atoms with van der Waals surface area (Å²) in [6, 6.07) is 0. The van der Waals surface area contributed by atoms with Crippen LogP contribution in [0.15, 0.2) is 0 Å². The van der Waals surface area contributed by atoms with Gasteiger partial charge in [0, 0.05) is 13.7 Å². The van der Waals surface area contributed by atoms with E-state index in [1.807, 2.05) is 0 Å². The lowest BCUT2D eigenvalue weighted by Crippen LogP contribution is -2.50. The minimum absolute atomic E-state index is 0.327. The highest BCUT2D eigenvalue weighted by Gasteiger charge is 2.22. The van der Waals surface area contributed by atoms with Crippen LogP contribution in [0.1, 0.15) is 65.7 Å². The second kappa shape index (κ2) is 13.0. The number of unbranched alkanes of at least 4 members (excludes halogenated alkanes) is 3. The van der Waals surface area contributed by atoms with E-state index in [0.29, 0.717) is 0 Å². The van der Waals surface area contributed by atoms with Crippen molar-refractivity contribution in [3.05, 3.63) is 0 Å². The van der Waals surface area contributed by atoms with Crippen molar-refractivity contribution in [1.82, 2.24) is 5.23 Å². The molecule has 0 saturated heterocycles. The Morgan fingerprint density at radius 3 is 1.63 bits per heavy atom. The summed E-state index contributed by atoms with van der Waals surface area (Å²) in [6.07, 6.45) is 13.1. The number of hydrogen-bond donors (Lipinski definition) is 1. The topological polar surface area (TPSA) is 21.3 Å². The van der Waals surface area contributed by atoms with Gasteiger partial charge in [-0.15, -0.1) is 0 Å². The Morgan fingerprint density at radius 1 is 0.789 bits per heavy atom. The molecule has 0 atom stereocenters. The quantitative estimate of drug-likeness (QED) is 0.356. The number of nitrogens with one attached hydrogen (secondary N) is 1. The summed E-state index contributed by atoms with van der Waals surface area (Å²) in [6.45, 7) is 8.95. The fourth-order valence-corrected chi connectivity index (χ4v) is 3.15. The van der Waals surface area contributed by atoms with Crippen molar-refractivity contribution >= 4 is 6.28 Å². The van der Waals surface area contributed by atoms with E-state index in [2.05, 4.69) is 26.0 Å². The van der Waals surface area contributed by atoms with Crippen molar-refractivity contribution < 1.29 is 4.74 Å². The van der Waals surface area contributed by atoms with Gasteiger partial charge in [-0.1, -0.05) is 59.3 Å². The summed E-state index contributed by atoms with van der Waals surface area (Å²) >= 11 is 0. The summed E-state index contributed by atoms with van der Waals surface area (Å²) in [4.78, 5) is 0. The third-order valence-corrected chi connectivity index (χ3v) is 4.43. The molecule has 3 heteroatoms. The van der Waals surface area contributed by atoms with Gasteiger partial charge in [-0.25, -0.2) is 0 Å². The van der Waals surface area contributed by atoms with E-state index in [1.54, 1.807) is 7.11 Å². The Kier molecular flexibility index (Phi) is 13.0. The molecule has 0 amide bonds. The molecule has 0 aliphatic heterocycles. The molecule has 0 saturated carbocycles. The van der Waals surface area contributed by atoms with Crippen LogP contribution in [0.2, 0.25) is 19.0 Å². The molecule has 1 N–H and O–H groups in total. The smallest absolute Gasteiger partial charge is 0.0592 e. The zero-order chi connectivity index (χ0) is 14.4. The zero-order valence-corrected chi connectivity index (χ0v) is 14.0. The number of ether oxygens (including phenoxy) is 1. The van der Waals surface area contributed by atoms with Gasteiger partial charge in [-0.05, 0) is 13.0 Å². The van der Waals surface area contributed by atoms with Gasteiger partial charge < -0.3 is 9.96 Å². The largest absolute Gasteiger partial charge is 0.488 e. The summed E-state index contributed by atoms with van der Waals surface area (Å²) in [5.41, 5.74) is 0. The third kappa shape index (κ3) is 9.51. The molecule has 0 heterocycles. The highest BCUT2D eigenvalue weighted by atomic mass is 16.5. The lowest BCUT2D eigenvalue weighted by atomic mass is 9.28. The van der Waals surface area contributed by atoms with Crippen LogP contribution >= 0.6 is 0 Å². The van der Waals surface area contributed by atoms with Crippen molar-refractivity contribution in [2.24, 2.45) is 0 Å². The molecule has 19 heavy (non-hydrogen) atoms. The first-order valence-electron chi connectivity index (χ1n) is 8.69. The fraction of sp³-hybridized carbons (Fsp3) is 1.00. The van der Waals surface area contributed by atoms with Crippen molar-refractivity contribution in [1.29, 1.82) is 0 Å². The van der Waals surface area contributed by atoms with Crippen LogP contribution in [0.4, 0.5) is 0 Å². The van der Waals surface area contributed by atoms with Gasteiger partial charge >= 0.3 is 0 Å². The molecule has 0 aliphatic carbocycles. The molecule has 0 aromatic rings. The van der Waals surface area contributed by atoms with Gasteiger partial charge in [-0.2, -0.15) is 19.0 Å². The molecule has 0 rings (SSSR count). The Balaban J connectivity index is 4.38. The maximum atomic E-state index is 5.17. The lowest BCUT2D eigenvalue weighted by molar-refractivity contribution is 0.195. The molecule has 0 unspecified atom stereocenters. The van der Waals surface area contributed by atoms with Crippen LogP contribution < -0.4 is 5.23 Å². The van der Waals surface area contributed by atoms with Crippen LogP contribution in [-0.2, 0) is 4.74 Å². The van der Waals surface area contributed by atoms with Crippen molar-refractivity contribution in [2.75, 3.05) is 20.3 Å². The van der Waals surface area contributed by atoms with Gasteiger partial charge in [0.2, 0.25) is 0 Å². The first-order chi connectivity index (χ1) is 9.24. The maximum absolute atomic E-state index is 5.17. The average Bonchev–Trinajstić information content (AvgIpc) is 2.44. The van der Waals surface area contributed by atoms with Crippen molar-refractivity contribution in [3.63, 3.8) is 0 Å². The van der Waals surface area contributed by atoms with Gasteiger partial charge in [0.1, 0.15) is 0 Å². The van der Waals surface area contributed by atoms with E-state index in [9.17, 15) is 0 Å². The molecule has 0 fully saturated rings. The lowest BCUT2D eigenvalue weighted by Gasteiger charge is -2.42. The van der Waals surface area contributed by atoms with Crippen LogP contribution in [0, 0.1) is 0 Å². The van der Waals surface area contributed by atoms with E-state index in [0.717, 1.165) is 19.6 Å². The monoisotopic (exact) mass is 270 g/mol. The number of methoxy groups -OCH3 is 1. The minimum atomic E-state index is -0.327. The van der Waals surface area contributed by atoms with Crippen LogP contribution in [0.5, 0.6) is 0 Å². The van der Waals surface area contributed by atoms with Gasteiger partial charge in [-0.3, -0.25) is 0 Å². The first-order valence-corrected chi connectivity index (χ1v) is 8.69. The Labute approximate surface area is 122 Å². The Morgan fingerprint density at radius 2 is 1.26 bits per heavy atom. The standard InChI is InChI=1S/C16H37BNO/c1-5-8-12-17(13-9-6-2,14-10-7-3)18-15-11-16-19-4/h18H,5-16H2,1-4H3/q-1. The second-order valence-electron chi connectivity index (χ2n) is 6.21. The zero-order valence-electron chi connectivity index (χ0n) is 14.0. The first kappa shape index (κ1) is 19.0. The maximum Gasteiger partial charge on any atom is 0.0592 e. The predicted octanol–water partition coefficient (Wildman–Crippen LogP) is 4.96. The summed E-state index contributed by atoms with van der Waals surface area (Å²) in [5, 5.41) is 3.96. The van der Waals surface area contributed by atoms with E-state index >= 15 is 0 Å². The Bertz CT molecular complexity index is 166. The van der Waals surface area contributed by atoms with E-state index < -0.39 is 0 Å². The molecule has 0 aliphatic rings. The third-order valence-electron chi connectivity index (χ3n) is 4.43. The highest BCUT2D eigenvalue weighted by Crippen LogP contribution is 2.25. The average molecular weight is 270 g/mol. The molecule has 0 bridgehead atoms. The summed E-state index contributed by atoms with van der Waals surface area (Å²) in [7, 11) is 1.80. The van der Waals surface area contributed by atoms with E-state index in [-0.39, 0.29) is 6.28 Å². The molecule has 2 nitrogen and oxygen atoms in total. The normalized spacial score (nSPS) is 12.0. The fourth-order valence-electron chi connectivity index (χ4n) is 3.15. The van der Waals surface area contributed by atoms with E-state index in [1.165, 1.54) is 57.5 Å². The highest BCUT2D eigenvalue weighted by molar-refractivity contribution is 6.77. The van der Waals surface area contributed by atoms with Gasteiger partial charge in [0.05, 0.1) is 6.28 Å². The van der Waals surface area contributed by atoms with Crippen LogP contribution in [0.25, 0.3) is 0 Å². The van der Waals surface area contributed by atoms with Crippen LogP contribution in [0.3, 0.4) is 0 Å². The van der Waals surface area contributed by atoms with E-state index in [4.69, 9.17) is 4.74 Å². The number of hydrogen-bond acceptors (Lipinski definition) is 2. The molecular weight excluding hydrogens is 233 g/mol. The molecule has 0 radical (unpaired) electrons. The summed E-state index contributed by atoms with van der Waals surface area (Å²) < 4.78 is 5.17. The molecule has 0 aromatic carbocycles.